The molecule has 0 unspecified atom stereocenters. The van der Waals surface area contributed by atoms with E-state index >= 15 is 0 Å². The van der Waals surface area contributed by atoms with Gasteiger partial charge in [0.1, 0.15) is 0 Å². The Morgan fingerprint density at radius 3 is 2.32 bits per heavy atom. The van der Waals surface area contributed by atoms with E-state index in [2.05, 4.69) is 13.8 Å². The van der Waals surface area contributed by atoms with Gasteiger partial charge in [0.2, 0.25) is 10.0 Å². The van der Waals surface area contributed by atoms with Gasteiger partial charge in [-0.05, 0) is 33.1 Å². The summed E-state index contributed by atoms with van der Waals surface area (Å²) in [5.74, 6) is 0.00542. The summed E-state index contributed by atoms with van der Waals surface area (Å²) >= 11 is 0. The number of likely N-dealkylation sites (tertiary alicyclic amines) is 1. The van der Waals surface area contributed by atoms with E-state index in [0.29, 0.717) is 12.1 Å². The molecule has 2 heterocycles. The topological polar surface area (TPSA) is 57.7 Å². The van der Waals surface area contributed by atoms with Crippen LogP contribution in [0, 0.1) is 0 Å². The van der Waals surface area contributed by atoms with Gasteiger partial charge in [-0.15, -0.1) is 0 Å². The van der Waals surface area contributed by atoms with Gasteiger partial charge in [-0.2, -0.15) is 4.31 Å². The zero-order chi connectivity index (χ0) is 14.2. The Balaban J connectivity index is 2.09. The molecular formula is C13H22N2O3S. The summed E-state index contributed by atoms with van der Waals surface area (Å²) in [4.78, 5) is 14.4. The summed E-state index contributed by atoms with van der Waals surface area (Å²) in [6.07, 6.45) is 6.14. The Morgan fingerprint density at radius 2 is 1.84 bits per heavy atom. The third-order valence-corrected chi connectivity index (χ3v) is 5.28. The second-order valence-corrected chi connectivity index (χ2v) is 7.61. The molecule has 2 aliphatic rings. The van der Waals surface area contributed by atoms with Gasteiger partial charge in [0, 0.05) is 30.7 Å². The van der Waals surface area contributed by atoms with E-state index in [-0.39, 0.29) is 24.5 Å². The van der Waals surface area contributed by atoms with Crippen LogP contribution in [0.15, 0.2) is 11.6 Å². The SMILES string of the molecule is C[C@H]1CCC[C@H](C)N1C(=O)C1=CCN(S(C)(=O)=O)C1. The molecule has 0 aromatic rings. The van der Waals surface area contributed by atoms with Gasteiger partial charge in [-0.25, -0.2) is 8.42 Å². The van der Waals surface area contributed by atoms with Crippen molar-refractivity contribution in [1.82, 2.24) is 9.21 Å². The zero-order valence-electron chi connectivity index (χ0n) is 11.8. The van der Waals surface area contributed by atoms with Crippen LogP contribution in [0.2, 0.25) is 0 Å². The van der Waals surface area contributed by atoms with Gasteiger partial charge < -0.3 is 4.90 Å². The van der Waals surface area contributed by atoms with E-state index in [1.165, 1.54) is 10.6 Å². The van der Waals surface area contributed by atoms with Crippen LogP contribution in [0.25, 0.3) is 0 Å². The minimum Gasteiger partial charge on any atom is -0.333 e. The first-order valence-corrected chi connectivity index (χ1v) is 8.62. The van der Waals surface area contributed by atoms with Crippen LogP contribution in [0.4, 0.5) is 0 Å². The second-order valence-electron chi connectivity index (χ2n) is 5.63. The molecule has 1 fully saturated rings. The summed E-state index contributed by atoms with van der Waals surface area (Å²) in [6.45, 7) is 4.67. The fourth-order valence-corrected chi connectivity index (χ4v) is 3.65. The predicted octanol–water partition coefficient (Wildman–Crippen LogP) is 0.978. The van der Waals surface area contributed by atoms with E-state index in [0.717, 1.165) is 19.3 Å². The highest BCUT2D eigenvalue weighted by Gasteiger charge is 2.34. The average Bonchev–Trinajstić information content (AvgIpc) is 2.77. The van der Waals surface area contributed by atoms with E-state index in [9.17, 15) is 13.2 Å². The molecule has 0 aliphatic carbocycles. The number of rotatable bonds is 2. The lowest BCUT2D eigenvalue weighted by Crippen LogP contribution is -2.48. The maximum absolute atomic E-state index is 12.5. The maximum Gasteiger partial charge on any atom is 0.251 e. The molecule has 0 saturated carbocycles. The van der Waals surface area contributed by atoms with Crippen molar-refractivity contribution >= 4 is 15.9 Å². The fraction of sp³-hybridized carbons (Fsp3) is 0.769. The third-order valence-electron chi connectivity index (χ3n) is 4.06. The number of nitrogens with zero attached hydrogens (tertiary/aromatic N) is 2. The quantitative estimate of drug-likeness (QED) is 0.760. The molecule has 108 valence electrons. The lowest BCUT2D eigenvalue weighted by Gasteiger charge is -2.39. The van der Waals surface area contributed by atoms with Crippen molar-refractivity contribution in [3.8, 4) is 0 Å². The van der Waals surface area contributed by atoms with Crippen molar-refractivity contribution in [2.24, 2.45) is 0 Å². The molecule has 0 radical (unpaired) electrons. The van der Waals surface area contributed by atoms with E-state index in [1.807, 2.05) is 4.90 Å². The average molecular weight is 286 g/mol. The van der Waals surface area contributed by atoms with Gasteiger partial charge in [-0.3, -0.25) is 4.79 Å². The van der Waals surface area contributed by atoms with Crippen LogP contribution in [-0.2, 0) is 14.8 Å². The zero-order valence-corrected chi connectivity index (χ0v) is 12.6. The van der Waals surface area contributed by atoms with Crippen LogP contribution in [0.3, 0.4) is 0 Å². The molecule has 0 aromatic heterocycles. The van der Waals surface area contributed by atoms with Crippen molar-refractivity contribution in [2.45, 2.75) is 45.2 Å². The van der Waals surface area contributed by atoms with Gasteiger partial charge >= 0.3 is 0 Å². The molecule has 19 heavy (non-hydrogen) atoms. The van der Waals surface area contributed by atoms with Gasteiger partial charge in [0.05, 0.1) is 6.26 Å². The summed E-state index contributed by atoms with van der Waals surface area (Å²) in [6, 6.07) is 0.480. The number of hydrogen-bond acceptors (Lipinski definition) is 3. The van der Waals surface area contributed by atoms with E-state index < -0.39 is 10.0 Å². The first-order chi connectivity index (χ1) is 8.80. The molecule has 2 atom stereocenters. The highest BCUT2D eigenvalue weighted by Crippen LogP contribution is 2.26. The standard InChI is InChI=1S/C13H22N2O3S/c1-10-5-4-6-11(2)15(10)13(16)12-7-8-14(9-12)19(3,17)18/h7,10-11H,4-6,8-9H2,1-3H3/t10-,11-/m0/s1. The van der Waals surface area contributed by atoms with Crippen LogP contribution < -0.4 is 0 Å². The molecule has 2 aliphatic heterocycles. The minimum atomic E-state index is -3.22. The number of sulfonamides is 1. The normalized spacial score (nSPS) is 29.4. The summed E-state index contributed by atoms with van der Waals surface area (Å²) in [7, 11) is -3.22. The summed E-state index contributed by atoms with van der Waals surface area (Å²) in [5, 5.41) is 0. The van der Waals surface area contributed by atoms with Crippen LogP contribution >= 0.6 is 0 Å². The molecule has 1 saturated heterocycles. The number of hydrogen-bond donors (Lipinski definition) is 0. The molecule has 0 aromatic carbocycles. The Bertz CT molecular complexity index is 488. The Labute approximate surface area is 115 Å². The van der Waals surface area contributed by atoms with Gasteiger partial charge in [0.15, 0.2) is 0 Å². The summed E-state index contributed by atoms with van der Waals surface area (Å²) in [5.41, 5.74) is 0.617. The first kappa shape index (κ1) is 14.5. The Hall–Kier alpha value is -0.880. The Morgan fingerprint density at radius 1 is 1.26 bits per heavy atom. The lowest BCUT2D eigenvalue weighted by molar-refractivity contribution is -0.133. The van der Waals surface area contributed by atoms with Crippen molar-refractivity contribution in [3.63, 3.8) is 0 Å². The van der Waals surface area contributed by atoms with Crippen molar-refractivity contribution in [3.05, 3.63) is 11.6 Å². The molecule has 6 heteroatoms. The van der Waals surface area contributed by atoms with Crippen molar-refractivity contribution in [2.75, 3.05) is 19.3 Å². The minimum absolute atomic E-state index is 0.00542. The highest BCUT2D eigenvalue weighted by molar-refractivity contribution is 7.88. The monoisotopic (exact) mass is 286 g/mol. The van der Waals surface area contributed by atoms with Gasteiger partial charge in [0.25, 0.3) is 5.91 Å². The van der Waals surface area contributed by atoms with Crippen LogP contribution in [0.1, 0.15) is 33.1 Å². The number of amides is 1. The maximum atomic E-state index is 12.5. The largest absolute Gasteiger partial charge is 0.333 e. The smallest absolute Gasteiger partial charge is 0.251 e. The number of carbonyl (C=O) groups is 1. The molecule has 0 bridgehead atoms. The van der Waals surface area contributed by atoms with Crippen LogP contribution in [-0.4, -0.2) is 55.0 Å². The number of carbonyl (C=O) groups excluding carboxylic acids is 1. The molecule has 0 N–H and O–H groups in total. The van der Waals surface area contributed by atoms with E-state index in [4.69, 9.17) is 0 Å². The number of piperidine rings is 1. The molecule has 2 rings (SSSR count). The molecule has 0 spiro atoms. The molecular weight excluding hydrogens is 264 g/mol. The fourth-order valence-electron chi connectivity index (χ4n) is 2.93. The first-order valence-electron chi connectivity index (χ1n) is 6.77. The van der Waals surface area contributed by atoms with Crippen LogP contribution in [0.5, 0.6) is 0 Å². The van der Waals surface area contributed by atoms with Crippen molar-refractivity contribution < 1.29 is 13.2 Å². The Kier molecular flexibility index (Phi) is 4.01. The molecule has 1 amide bonds. The third kappa shape index (κ3) is 3.00. The summed E-state index contributed by atoms with van der Waals surface area (Å²) < 4.78 is 24.3. The lowest BCUT2D eigenvalue weighted by atomic mass is 9.96. The second kappa shape index (κ2) is 5.25. The highest BCUT2D eigenvalue weighted by atomic mass is 32.2. The van der Waals surface area contributed by atoms with E-state index in [1.54, 1.807) is 6.08 Å². The van der Waals surface area contributed by atoms with Gasteiger partial charge in [-0.1, -0.05) is 6.08 Å². The predicted molar refractivity (Wildman–Crippen MR) is 74.1 cm³/mol. The van der Waals surface area contributed by atoms with Crippen molar-refractivity contribution in [1.29, 1.82) is 0 Å². The molecule has 5 nitrogen and oxygen atoms in total.